The van der Waals surface area contributed by atoms with Crippen molar-refractivity contribution < 1.29 is 9.53 Å². The molecule has 0 aromatic rings. The van der Waals surface area contributed by atoms with Gasteiger partial charge in [-0.25, -0.2) is 0 Å². The molecule has 0 radical (unpaired) electrons. The zero-order chi connectivity index (χ0) is 11.3. The van der Waals surface area contributed by atoms with Crippen LogP contribution in [-0.2, 0) is 9.53 Å². The maximum absolute atomic E-state index is 11.6. The molecule has 0 bridgehead atoms. The van der Waals surface area contributed by atoms with Crippen molar-refractivity contribution in [2.24, 2.45) is 0 Å². The van der Waals surface area contributed by atoms with Gasteiger partial charge in [0, 0.05) is 5.54 Å². The Hall–Kier alpha value is -0.280. The highest BCUT2D eigenvalue weighted by Gasteiger charge is 2.36. The average Bonchev–Trinajstić information content (AvgIpc) is 2.19. The maximum Gasteiger partial charge on any atom is 0.307 e. The summed E-state index contributed by atoms with van der Waals surface area (Å²) in [6.07, 6.45) is 6.57. The molecule has 0 N–H and O–H groups in total. The predicted octanol–water partition coefficient (Wildman–Crippen LogP) is 2.63. The molecule has 0 aromatic carbocycles. The number of esters is 1. The Bertz CT molecular complexity index is 213. The summed E-state index contributed by atoms with van der Waals surface area (Å²) >= 11 is 0. The van der Waals surface area contributed by atoms with Crippen LogP contribution in [-0.4, -0.2) is 37.1 Å². The van der Waals surface area contributed by atoms with Gasteiger partial charge in [-0.15, -0.1) is 12.4 Å². The lowest BCUT2D eigenvalue weighted by Gasteiger charge is -2.42. The normalized spacial score (nSPS) is 19.0. The van der Waals surface area contributed by atoms with Crippen LogP contribution >= 0.6 is 12.4 Å². The summed E-state index contributed by atoms with van der Waals surface area (Å²) in [5, 5.41) is 0. The Morgan fingerprint density at radius 2 is 1.81 bits per heavy atom. The molecule has 1 saturated carbocycles. The first-order chi connectivity index (χ1) is 7.10. The van der Waals surface area contributed by atoms with Gasteiger partial charge < -0.3 is 9.64 Å². The maximum atomic E-state index is 11.6. The fraction of sp³-hybridized carbons (Fsp3) is 0.917. The summed E-state index contributed by atoms with van der Waals surface area (Å²) in [4.78, 5) is 13.8. The lowest BCUT2D eigenvalue weighted by molar-refractivity contribution is -0.146. The number of hydrogen-bond donors (Lipinski definition) is 0. The van der Waals surface area contributed by atoms with E-state index >= 15 is 0 Å². The quantitative estimate of drug-likeness (QED) is 0.718. The molecule has 3 nitrogen and oxygen atoms in total. The molecule has 16 heavy (non-hydrogen) atoms. The van der Waals surface area contributed by atoms with Gasteiger partial charge in [0.05, 0.1) is 13.0 Å². The van der Waals surface area contributed by atoms with Gasteiger partial charge in [-0.1, -0.05) is 19.3 Å². The van der Waals surface area contributed by atoms with Gasteiger partial charge in [-0.3, -0.25) is 4.79 Å². The van der Waals surface area contributed by atoms with Crippen LogP contribution in [0.1, 0.15) is 45.4 Å². The number of rotatable bonds is 4. The van der Waals surface area contributed by atoms with Crippen LogP contribution < -0.4 is 0 Å². The molecular weight excluding hydrogens is 226 g/mol. The van der Waals surface area contributed by atoms with Gasteiger partial charge in [-0.05, 0) is 33.9 Å². The van der Waals surface area contributed by atoms with Gasteiger partial charge in [-0.2, -0.15) is 0 Å². The van der Waals surface area contributed by atoms with E-state index in [4.69, 9.17) is 4.74 Å². The average molecular weight is 250 g/mol. The number of carbonyl (C=O) groups excluding carboxylic acids is 1. The molecule has 0 saturated heterocycles. The molecule has 0 unspecified atom stereocenters. The van der Waals surface area contributed by atoms with Crippen LogP contribution in [0, 0.1) is 0 Å². The minimum atomic E-state index is -0.0481. The molecule has 0 aliphatic heterocycles. The molecule has 96 valence electrons. The number of carbonyl (C=O) groups is 1. The summed E-state index contributed by atoms with van der Waals surface area (Å²) in [5.41, 5.74) is 0.0600. The molecular formula is C12H24ClNO2. The highest BCUT2D eigenvalue weighted by atomic mass is 35.5. The standard InChI is InChI=1S/C12H23NO2.ClH/c1-4-15-11(14)10-12(13(2)3)8-6-5-7-9-12;/h4-10H2,1-3H3;1H. The molecule has 0 heterocycles. The molecule has 1 rings (SSSR count). The molecule has 0 spiro atoms. The second-order valence-electron chi connectivity index (χ2n) is 4.66. The van der Waals surface area contributed by atoms with E-state index < -0.39 is 0 Å². The summed E-state index contributed by atoms with van der Waals surface area (Å²) < 4.78 is 5.05. The Morgan fingerprint density at radius 1 is 1.25 bits per heavy atom. The number of hydrogen-bond acceptors (Lipinski definition) is 3. The van der Waals surface area contributed by atoms with Gasteiger partial charge in [0.25, 0.3) is 0 Å². The highest BCUT2D eigenvalue weighted by molar-refractivity contribution is 5.85. The van der Waals surface area contributed by atoms with Crippen molar-refractivity contribution in [1.82, 2.24) is 4.90 Å². The fourth-order valence-corrected chi connectivity index (χ4v) is 2.47. The third-order valence-corrected chi connectivity index (χ3v) is 3.51. The first-order valence-electron chi connectivity index (χ1n) is 5.94. The Morgan fingerprint density at radius 3 is 2.25 bits per heavy atom. The second kappa shape index (κ2) is 7.13. The first-order valence-corrected chi connectivity index (χ1v) is 5.94. The minimum absolute atomic E-state index is 0. The molecule has 1 aliphatic rings. The zero-order valence-electron chi connectivity index (χ0n) is 10.6. The predicted molar refractivity (Wildman–Crippen MR) is 68.0 cm³/mol. The second-order valence-corrected chi connectivity index (χ2v) is 4.66. The Balaban J connectivity index is 0.00000225. The number of ether oxygens (including phenoxy) is 1. The van der Waals surface area contributed by atoms with E-state index in [0.717, 1.165) is 12.8 Å². The molecule has 0 aromatic heterocycles. The lowest BCUT2D eigenvalue weighted by atomic mass is 9.78. The van der Waals surface area contributed by atoms with E-state index in [1.54, 1.807) is 0 Å². The zero-order valence-corrected chi connectivity index (χ0v) is 11.4. The summed E-state index contributed by atoms with van der Waals surface area (Å²) in [6.45, 7) is 2.35. The van der Waals surface area contributed by atoms with E-state index in [0.29, 0.717) is 13.0 Å². The molecule has 1 aliphatic carbocycles. The van der Waals surface area contributed by atoms with Crippen molar-refractivity contribution in [3.8, 4) is 0 Å². The Labute approximate surface area is 105 Å². The van der Waals surface area contributed by atoms with Crippen molar-refractivity contribution in [3.63, 3.8) is 0 Å². The van der Waals surface area contributed by atoms with Crippen LogP contribution in [0.5, 0.6) is 0 Å². The van der Waals surface area contributed by atoms with Gasteiger partial charge in [0.1, 0.15) is 0 Å². The van der Waals surface area contributed by atoms with Crippen molar-refractivity contribution >= 4 is 18.4 Å². The van der Waals surface area contributed by atoms with Crippen molar-refractivity contribution in [2.75, 3.05) is 20.7 Å². The van der Waals surface area contributed by atoms with Crippen LogP contribution in [0.15, 0.2) is 0 Å². The SMILES string of the molecule is CCOC(=O)CC1(N(C)C)CCCCC1.Cl. The summed E-state index contributed by atoms with van der Waals surface area (Å²) in [5.74, 6) is -0.0481. The van der Waals surface area contributed by atoms with Crippen molar-refractivity contribution in [1.29, 1.82) is 0 Å². The smallest absolute Gasteiger partial charge is 0.307 e. The number of nitrogens with zero attached hydrogens (tertiary/aromatic N) is 1. The van der Waals surface area contributed by atoms with E-state index in [1.165, 1.54) is 19.3 Å². The van der Waals surface area contributed by atoms with E-state index in [1.807, 2.05) is 6.92 Å². The third kappa shape index (κ3) is 3.95. The summed E-state index contributed by atoms with van der Waals surface area (Å²) in [7, 11) is 4.15. The number of halogens is 1. The van der Waals surface area contributed by atoms with E-state index in [-0.39, 0.29) is 23.9 Å². The minimum Gasteiger partial charge on any atom is -0.466 e. The highest BCUT2D eigenvalue weighted by Crippen LogP contribution is 2.35. The van der Waals surface area contributed by atoms with Crippen LogP contribution in [0.4, 0.5) is 0 Å². The lowest BCUT2D eigenvalue weighted by Crippen LogP contribution is -2.47. The van der Waals surface area contributed by atoms with Gasteiger partial charge in [0.2, 0.25) is 0 Å². The van der Waals surface area contributed by atoms with Crippen LogP contribution in [0.2, 0.25) is 0 Å². The van der Waals surface area contributed by atoms with Crippen molar-refractivity contribution in [2.45, 2.75) is 51.0 Å². The monoisotopic (exact) mass is 249 g/mol. The van der Waals surface area contributed by atoms with Gasteiger partial charge >= 0.3 is 5.97 Å². The van der Waals surface area contributed by atoms with Crippen molar-refractivity contribution in [3.05, 3.63) is 0 Å². The Kier molecular flexibility index (Phi) is 7.00. The summed E-state index contributed by atoms with van der Waals surface area (Å²) in [6, 6.07) is 0. The molecule has 1 fully saturated rings. The van der Waals surface area contributed by atoms with Crippen LogP contribution in [0.25, 0.3) is 0 Å². The molecule has 4 heteroatoms. The first kappa shape index (κ1) is 15.7. The van der Waals surface area contributed by atoms with Crippen LogP contribution in [0.3, 0.4) is 0 Å². The molecule has 0 atom stereocenters. The fourth-order valence-electron chi connectivity index (χ4n) is 2.47. The topological polar surface area (TPSA) is 29.5 Å². The van der Waals surface area contributed by atoms with E-state index in [2.05, 4.69) is 19.0 Å². The molecule has 0 amide bonds. The largest absolute Gasteiger partial charge is 0.466 e. The van der Waals surface area contributed by atoms with Gasteiger partial charge in [0.15, 0.2) is 0 Å². The van der Waals surface area contributed by atoms with E-state index in [9.17, 15) is 4.79 Å². The third-order valence-electron chi connectivity index (χ3n) is 3.51.